The van der Waals surface area contributed by atoms with Gasteiger partial charge in [-0.25, -0.2) is 0 Å². The van der Waals surface area contributed by atoms with Gasteiger partial charge in [0.1, 0.15) is 0 Å². The van der Waals surface area contributed by atoms with E-state index in [1.807, 2.05) is 34.6 Å². The third-order valence-corrected chi connectivity index (χ3v) is 5.82. The highest BCUT2D eigenvalue weighted by molar-refractivity contribution is 5.82. The van der Waals surface area contributed by atoms with Crippen molar-refractivity contribution in [3.63, 3.8) is 0 Å². The average Bonchev–Trinajstić information content (AvgIpc) is 3.04. The standard InChI is InChI=1S/C20H38N2O4/c1-12(2)15(21)18(23)22(6)16(13-10-8-9-11-13)17(26-7)14(19(24)25)20(3,4)5/h12-17H,8-11,21H2,1-7H3,(H,24,25)/t14?,15-,16-,17+/m0/s1. The molecule has 6 nitrogen and oxygen atoms in total. The van der Waals surface area contributed by atoms with Gasteiger partial charge in [-0.2, -0.15) is 0 Å². The van der Waals surface area contributed by atoms with Gasteiger partial charge in [-0.15, -0.1) is 0 Å². The Morgan fingerprint density at radius 1 is 1.19 bits per heavy atom. The molecule has 0 aromatic carbocycles. The quantitative estimate of drug-likeness (QED) is 0.685. The first kappa shape index (κ1) is 22.9. The minimum absolute atomic E-state index is 0.0214. The van der Waals surface area contributed by atoms with E-state index in [2.05, 4.69) is 0 Å². The van der Waals surface area contributed by atoms with Gasteiger partial charge in [0.15, 0.2) is 0 Å². The topological polar surface area (TPSA) is 92.9 Å². The first-order chi connectivity index (χ1) is 11.9. The summed E-state index contributed by atoms with van der Waals surface area (Å²) >= 11 is 0. The zero-order chi connectivity index (χ0) is 20.2. The van der Waals surface area contributed by atoms with Gasteiger partial charge in [-0.1, -0.05) is 47.5 Å². The highest BCUT2D eigenvalue weighted by Gasteiger charge is 2.47. The van der Waals surface area contributed by atoms with E-state index in [0.717, 1.165) is 25.7 Å². The van der Waals surface area contributed by atoms with Crippen LogP contribution in [0.15, 0.2) is 0 Å². The van der Waals surface area contributed by atoms with Gasteiger partial charge in [-0.05, 0) is 30.1 Å². The lowest BCUT2D eigenvalue weighted by molar-refractivity contribution is -0.161. The lowest BCUT2D eigenvalue weighted by Gasteiger charge is -2.44. The summed E-state index contributed by atoms with van der Waals surface area (Å²) < 4.78 is 5.77. The maximum Gasteiger partial charge on any atom is 0.309 e. The van der Waals surface area contributed by atoms with Crippen molar-refractivity contribution >= 4 is 11.9 Å². The fraction of sp³-hybridized carbons (Fsp3) is 0.900. The van der Waals surface area contributed by atoms with Crippen molar-refractivity contribution in [3.8, 4) is 0 Å². The van der Waals surface area contributed by atoms with Gasteiger partial charge in [0.05, 0.1) is 24.1 Å². The van der Waals surface area contributed by atoms with E-state index in [1.54, 1.807) is 19.1 Å². The molecule has 26 heavy (non-hydrogen) atoms. The van der Waals surface area contributed by atoms with E-state index in [0.29, 0.717) is 0 Å². The van der Waals surface area contributed by atoms with Crippen LogP contribution in [-0.2, 0) is 14.3 Å². The summed E-state index contributed by atoms with van der Waals surface area (Å²) in [5, 5.41) is 9.91. The van der Waals surface area contributed by atoms with Crippen LogP contribution in [0.2, 0.25) is 0 Å². The number of carbonyl (C=O) groups excluding carboxylic acids is 1. The number of rotatable bonds is 8. The van der Waals surface area contributed by atoms with Gasteiger partial charge in [0, 0.05) is 14.2 Å². The van der Waals surface area contributed by atoms with Gasteiger partial charge in [0.2, 0.25) is 5.91 Å². The minimum atomic E-state index is -0.888. The highest BCUT2D eigenvalue weighted by Crippen LogP contribution is 2.39. The summed E-state index contributed by atoms with van der Waals surface area (Å²) in [5.74, 6) is -1.49. The zero-order valence-corrected chi connectivity index (χ0v) is 17.5. The van der Waals surface area contributed by atoms with Gasteiger partial charge in [0.25, 0.3) is 0 Å². The van der Waals surface area contributed by atoms with Crippen molar-refractivity contribution in [1.82, 2.24) is 4.90 Å². The number of hydrogen-bond donors (Lipinski definition) is 2. The molecule has 152 valence electrons. The Morgan fingerprint density at radius 3 is 2.04 bits per heavy atom. The Labute approximate surface area is 158 Å². The van der Waals surface area contributed by atoms with Gasteiger partial charge in [-0.3, -0.25) is 9.59 Å². The zero-order valence-electron chi connectivity index (χ0n) is 17.5. The lowest BCUT2D eigenvalue weighted by atomic mass is 9.72. The van der Waals surface area contributed by atoms with Crippen LogP contribution in [0, 0.1) is 23.2 Å². The van der Waals surface area contributed by atoms with Gasteiger partial charge >= 0.3 is 5.97 Å². The molecular weight excluding hydrogens is 332 g/mol. The molecule has 0 aromatic heterocycles. The molecule has 1 fully saturated rings. The number of nitrogens with two attached hydrogens (primary N) is 1. The monoisotopic (exact) mass is 370 g/mol. The SMILES string of the molecule is CO[C@H](C(C(=O)O)C(C)(C)C)[C@H](C1CCCC1)N(C)C(=O)[C@@H](N)C(C)C. The Kier molecular flexibility index (Phi) is 8.08. The predicted octanol–water partition coefficient (Wildman–Crippen LogP) is 2.75. The summed E-state index contributed by atoms with van der Waals surface area (Å²) in [6, 6.07) is -0.889. The molecule has 1 unspecified atom stereocenters. The summed E-state index contributed by atoms with van der Waals surface area (Å²) in [4.78, 5) is 26.7. The number of nitrogens with zero attached hydrogens (tertiary/aromatic N) is 1. The number of methoxy groups -OCH3 is 1. The number of carbonyl (C=O) groups is 2. The molecule has 1 aliphatic rings. The molecule has 1 rings (SSSR count). The summed E-state index contributed by atoms with van der Waals surface area (Å²) in [6.07, 6.45) is 3.58. The van der Waals surface area contributed by atoms with Crippen molar-refractivity contribution in [3.05, 3.63) is 0 Å². The summed E-state index contributed by atoms with van der Waals surface area (Å²) in [7, 11) is 3.30. The molecule has 0 radical (unpaired) electrons. The van der Waals surface area contributed by atoms with Crippen molar-refractivity contribution in [2.75, 3.05) is 14.2 Å². The molecule has 0 aromatic rings. The maximum atomic E-state index is 12.9. The Hall–Kier alpha value is -1.14. The fourth-order valence-electron chi connectivity index (χ4n) is 4.25. The van der Waals surface area contributed by atoms with Crippen LogP contribution in [-0.4, -0.2) is 54.2 Å². The molecule has 0 aliphatic heterocycles. The largest absolute Gasteiger partial charge is 0.481 e. The second-order valence-corrected chi connectivity index (χ2v) is 9.14. The van der Waals surface area contributed by atoms with Crippen LogP contribution < -0.4 is 5.73 Å². The molecule has 0 spiro atoms. The van der Waals surface area contributed by atoms with E-state index in [9.17, 15) is 14.7 Å². The highest BCUT2D eigenvalue weighted by atomic mass is 16.5. The molecular formula is C20H38N2O4. The molecule has 3 N–H and O–H groups in total. The molecule has 1 amide bonds. The molecule has 0 bridgehead atoms. The van der Waals surface area contributed by atoms with Gasteiger partial charge < -0.3 is 20.5 Å². The molecule has 1 saturated carbocycles. The lowest BCUT2D eigenvalue weighted by Crippen LogP contribution is -2.58. The maximum absolute atomic E-state index is 12.9. The third-order valence-electron chi connectivity index (χ3n) is 5.82. The number of ether oxygens (including phenoxy) is 1. The second kappa shape index (κ2) is 9.18. The third kappa shape index (κ3) is 5.19. The van der Waals surface area contributed by atoms with E-state index in [-0.39, 0.29) is 23.8 Å². The van der Waals surface area contributed by atoms with E-state index in [4.69, 9.17) is 10.5 Å². The molecule has 4 atom stereocenters. The molecule has 0 heterocycles. The van der Waals surface area contributed by atoms with E-state index in [1.165, 1.54) is 0 Å². The molecule has 0 saturated heterocycles. The van der Waals surface area contributed by atoms with E-state index < -0.39 is 29.4 Å². The first-order valence-corrected chi connectivity index (χ1v) is 9.71. The summed E-state index contributed by atoms with van der Waals surface area (Å²) in [5.41, 5.74) is 5.62. The predicted molar refractivity (Wildman–Crippen MR) is 103 cm³/mol. The Bertz CT molecular complexity index is 481. The van der Waals surface area contributed by atoms with Crippen molar-refractivity contribution in [1.29, 1.82) is 0 Å². The fourth-order valence-corrected chi connectivity index (χ4v) is 4.25. The van der Waals surface area contributed by atoms with Crippen LogP contribution in [0.3, 0.4) is 0 Å². The average molecular weight is 371 g/mol. The van der Waals surface area contributed by atoms with Crippen LogP contribution in [0.4, 0.5) is 0 Å². The smallest absolute Gasteiger partial charge is 0.309 e. The number of likely N-dealkylation sites (N-methyl/N-ethyl adjacent to an activating group) is 1. The molecule has 6 heteroatoms. The minimum Gasteiger partial charge on any atom is -0.481 e. The van der Waals surface area contributed by atoms with Crippen molar-refractivity contribution in [2.24, 2.45) is 28.9 Å². The van der Waals surface area contributed by atoms with Crippen LogP contribution in [0.5, 0.6) is 0 Å². The second-order valence-electron chi connectivity index (χ2n) is 9.14. The van der Waals surface area contributed by atoms with E-state index >= 15 is 0 Å². The number of carboxylic acid groups (broad SMARTS) is 1. The normalized spacial score (nSPS) is 20.7. The van der Waals surface area contributed by atoms with Crippen LogP contribution in [0.25, 0.3) is 0 Å². The summed E-state index contributed by atoms with van der Waals surface area (Å²) in [6.45, 7) is 9.57. The number of hydrogen-bond acceptors (Lipinski definition) is 4. The number of carboxylic acids is 1. The van der Waals surface area contributed by atoms with Crippen LogP contribution >= 0.6 is 0 Å². The first-order valence-electron chi connectivity index (χ1n) is 9.71. The molecule has 1 aliphatic carbocycles. The Balaban J connectivity index is 3.29. The van der Waals surface area contributed by atoms with Crippen LogP contribution in [0.1, 0.15) is 60.3 Å². The van der Waals surface area contributed by atoms with Crippen molar-refractivity contribution in [2.45, 2.75) is 78.5 Å². The Morgan fingerprint density at radius 2 is 1.69 bits per heavy atom. The number of aliphatic carboxylic acids is 1. The van der Waals surface area contributed by atoms with Crippen molar-refractivity contribution < 1.29 is 19.4 Å². The number of amides is 1.